The number of benzene rings is 2. The maximum Gasteiger partial charge on any atom is 0.325 e. The Morgan fingerprint density at radius 2 is 2.00 bits per heavy atom. The third kappa shape index (κ3) is 3.32. The van der Waals surface area contributed by atoms with E-state index in [-0.39, 0.29) is 5.75 Å². The summed E-state index contributed by atoms with van der Waals surface area (Å²) in [5, 5.41) is 9.78. The molecule has 0 amide bonds. The Morgan fingerprint density at radius 3 is 2.68 bits per heavy atom. The molecule has 0 aliphatic carbocycles. The molecule has 1 atom stereocenters. The highest BCUT2D eigenvalue weighted by Gasteiger charge is 2.33. The lowest BCUT2D eigenvalue weighted by Gasteiger charge is -2.24. The van der Waals surface area contributed by atoms with Crippen molar-refractivity contribution in [1.29, 1.82) is 0 Å². The molecule has 7 heteroatoms. The number of aliphatic carboxylic acids is 1. The van der Waals surface area contributed by atoms with E-state index < -0.39 is 17.8 Å². The summed E-state index contributed by atoms with van der Waals surface area (Å²) in [7, 11) is 1.37. The third-order valence-electron chi connectivity index (χ3n) is 4.80. The first kappa shape index (κ1) is 18.1. The van der Waals surface area contributed by atoms with Gasteiger partial charge in [-0.05, 0) is 17.7 Å². The summed E-state index contributed by atoms with van der Waals surface area (Å²) < 4.78 is 19.0. The number of fused-ring (bicyclic) bond motifs is 1. The van der Waals surface area contributed by atoms with Crippen molar-refractivity contribution >= 4 is 5.97 Å². The standard InChI is InChI=1S/C21H18FN3O3/c1-28-18-8-7-14(9-16(18)22)19(21(26)27)25-11-15-10-23-20(24-17(15)12-25)13-5-3-2-4-6-13/h2-10,19H,11-12H2,1H3,(H,26,27). The number of nitrogens with zero attached hydrogens (tertiary/aromatic N) is 3. The van der Waals surface area contributed by atoms with Crippen molar-refractivity contribution in [2.24, 2.45) is 0 Å². The summed E-state index contributed by atoms with van der Waals surface area (Å²) in [6, 6.07) is 12.8. The van der Waals surface area contributed by atoms with Crippen molar-refractivity contribution in [3.05, 3.63) is 77.4 Å². The van der Waals surface area contributed by atoms with Crippen molar-refractivity contribution < 1.29 is 19.0 Å². The van der Waals surface area contributed by atoms with E-state index in [0.29, 0.717) is 24.5 Å². The zero-order valence-electron chi connectivity index (χ0n) is 15.2. The van der Waals surface area contributed by atoms with Gasteiger partial charge in [0.1, 0.15) is 6.04 Å². The lowest BCUT2D eigenvalue weighted by atomic mass is 10.1. The summed E-state index contributed by atoms with van der Waals surface area (Å²) >= 11 is 0. The molecule has 1 aromatic heterocycles. The van der Waals surface area contributed by atoms with Gasteiger partial charge in [-0.3, -0.25) is 9.69 Å². The quantitative estimate of drug-likeness (QED) is 0.732. The van der Waals surface area contributed by atoms with Gasteiger partial charge >= 0.3 is 5.97 Å². The van der Waals surface area contributed by atoms with Crippen LogP contribution < -0.4 is 4.74 Å². The summed E-state index contributed by atoms with van der Waals surface area (Å²) in [5.74, 6) is -0.956. The van der Waals surface area contributed by atoms with Crippen LogP contribution in [0.4, 0.5) is 4.39 Å². The highest BCUT2D eigenvalue weighted by molar-refractivity contribution is 5.75. The van der Waals surface area contributed by atoms with Crippen LogP contribution in [0.2, 0.25) is 0 Å². The van der Waals surface area contributed by atoms with Gasteiger partial charge in [0.25, 0.3) is 0 Å². The van der Waals surface area contributed by atoms with E-state index in [1.807, 2.05) is 30.3 Å². The first-order chi connectivity index (χ1) is 13.6. The van der Waals surface area contributed by atoms with Crippen LogP contribution in [-0.2, 0) is 17.9 Å². The fourth-order valence-corrected chi connectivity index (χ4v) is 3.45. The number of carboxylic acid groups (broad SMARTS) is 1. The molecule has 2 heterocycles. The Bertz CT molecular complexity index is 1030. The molecule has 6 nitrogen and oxygen atoms in total. The average molecular weight is 379 g/mol. The van der Waals surface area contributed by atoms with Gasteiger partial charge in [-0.15, -0.1) is 0 Å². The van der Waals surface area contributed by atoms with Crippen molar-refractivity contribution in [2.45, 2.75) is 19.1 Å². The molecule has 1 aliphatic heterocycles. The molecule has 0 radical (unpaired) electrons. The van der Waals surface area contributed by atoms with Gasteiger partial charge in [0.2, 0.25) is 0 Å². The number of methoxy groups -OCH3 is 1. The number of carboxylic acids is 1. The zero-order chi connectivity index (χ0) is 19.7. The zero-order valence-corrected chi connectivity index (χ0v) is 15.2. The van der Waals surface area contributed by atoms with E-state index in [2.05, 4.69) is 9.97 Å². The normalized spacial score (nSPS) is 14.5. The van der Waals surface area contributed by atoms with Gasteiger partial charge in [-0.1, -0.05) is 36.4 Å². The SMILES string of the molecule is COc1ccc(C(C(=O)O)N2Cc3cnc(-c4ccccc4)nc3C2)cc1F. The average Bonchev–Trinajstić information content (AvgIpc) is 3.11. The first-order valence-corrected chi connectivity index (χ1v) is 8.77. The number of aromatic nitrogens is 2. The van der Waals surface area contributed by atoms with Gasteiger partial charge in [-0.25, -0.2) is 14.4 Å². The summed E-state index contributed by atoms with van der Waals surface area (Å²) in [5.41, 5.74) is 2.92. The highest BCUT2D eigenvalue weighted by atomic mass is 19.1. The second-order valence-electron chi connectivity index (χ2n) is 6.57. The van der Waals surface area contributed by atoms with E-state index in [1.54, 1.807) is 17.2 Å². The van der Waals surface area contributed by atoms with Crippen LogP contribution in [0.3, 0.4) is 0 Å². The van der Waals surface area contributed by atoms with Gasteiger partial charge in [-0.2, -0.15) is 0 Å². The van der Waals surface area contributed by atoms with E-state index in [0.717, 1.165) is 16.8 Å². The molecular weight excluding hydrogens is 361 g/mol. The predicted molar refractivity (Wildman–Crippen MR) is 100 cm³/mol. The molecular formula is C21H18FN3O3. The molecule has 1 aliphatic rings. The van der Waals surface area contributed by atoms with Crippen LogP contribution in [0.1, 0.15) is 22.9 Å². The van der Waals surface area contributed by atoms with Crippen molar-refractivity contribution in [1.82, 2.24) is 14.9 Å². The molecule has 1 N–H and O–H groups in total. The van der Waals surface area contributed by atoms with E-state index in [4.69, 9.17) is 4.74 Å². The molecule has 0 bridgehead atoms. The molecule has 0 saturated carbocycles. The Morgan fingerprint density at radius 1 is 1.21 bits per heavy atom. The number of hydrogen-bond donors (Lipinski definition) is 1. The number of rotatable bonds is 5. The van der Waals surface area contributed by atoms with Crippen LogP contribution in [-0.4, -0.2) is 33.1 Å². The highest BCUT2D eigenvalue weighted by Crippen LogP contribution is 2.33. The largest absolute Gasteiger partial charge is 0.494 e. The van der Waals surface area contributed by atoms with Crippen LogP contribution in [0.15, 0.2) is 54.7 Å². The molecule has 3 aromatic rings. The van der Waals surface area contributed by atoms with Crippen LogP contribution >= 0.6 is 0 Å². The summed E-state index contributed by atoms with van der Waals surface area (Å²) in [6.07, 6.45) is 1.73. The molecule has 0 fully saturated rings. The first-order valence-electron chi connectivity index (χ1n) is 8.77. The Hall–Kier alpha value is -3.32. The molecule has 1 unspecified atom stereocenters. The minimum atomic E-state index is -1.05. The lowest BCUT2D eigenvalue weighted by molar-refractivity contribution is -0.143. The van der Waals surface area contributed by atoms with Gasteiger partial charge in [0.15, 0.2) is 17.4 Å². The van der Waals surface area contributed by atoms with Gasteiger partial charge in [0.05, 0.1) is 12.8 Å². The van der Waals surface area contributed by atoms with Crippen molar-refractivity contribution in [3.8, 4) is 17.1 Å². The number of hydrogen-bond acceptors (Lipinski definition) is 5. The Labute approximate surface area is 161 Å². The van der Waals surface area contributed by atoms with Crippen LogP contribution in [0, 0.1) is 5.82 Å². The fraction of sp³-hybridized carbons (Fsp3) is 0.190. The molecule has 28 heavy (non-hydrogen) atoms. The maximum atomic E-state index is 14.1. The van der Waals surface area contributed by atoms with Crippen molar-refractivity contribution in [2.75, 3.05) is 7.11 Å². The second kappa shape index (κ2) is 7.36. The lowest BCUT2D eigenvalue weighted by Crippen LogP contribution is -2.30. The summed E-state index contributed by atoms with van der Waals surface area (Å²) in [4.78, 5) is 22.7. The number of carbonyl (C=O) groups is 1. The third-order valence-corrected chi connectivity index (χ3v) is 4.80. The van der Waals surface area contributed by atoms with Crippen molar-refractivity contribution in [3.63, 3.8) is 0 Å². The number of ether oxygens (including phenoxy) is 1. The van der Waals surface area contributed by atoms with Gasteiger partial charge < -0.3 is 9.84 Å². The molecule has 0 spiro atoms. The van der Waals surface area contributed by atoms with E-state index in [1.165, 1.54) is 19.2 Å². The monoisotopic (exact) mass is 379 g/mol. The molecule has 4 rings (SSSR count). The smallest absolute Gasteiger partial charge is 0.325 e. The fourth-order valence-electron chi connectivity index (χ4n) is 3.45. The van der Waals surface area contributed by atoms with Crippen LogP contribution in [0.25, 0.3) is 11.4 Å². The molecule has 2 aromatic carbocycles. The van der Waals surface area contributed by atoms with E-state index >= 15 is 0 Å². The minimum Gasteiger partial charge on any atom is -0.494 e. The Balaban J connectivity index is 1.63. The van der Waals surface area contributed by atoms with E-state index in [9.17, 15) is 14.3 Å². The molecule has 142 valence electrons. The predicted octanol–water partition coefficient (Wildman–Crippen LogP) is 3.43. The second-order valence-corrected chi connectivity index (χ2v) is 6.57. The maximum absolute atomic E-state index is 14.1. The molecule has 0 saturated heterocycles. The summed E-state index contributed by atoms with van der Waals surface area (Å²) in [6.45, 7) is 0.733. The Kier molecular flexibility index (Phi) is 4.75. The minimum absolute atomic E-state index is 0.0796. The van der Waals surface area contributed by atoms with Gasteiger partial charge in [0, 0.05) is 30.4 Å². The van der Waals surface area contributed by atoms with Crippen LogP contribution in [0.5, 0.6) is 5.75 Å². The number of halogens is 1. The topological polar surface area (TPSA) is 75.6 Å².